The van der Waals surface area contributed by atoms with Crippen LogP contribution in [0.15, 0.2) is 17.5 Å². The molecular formula is C10H11ClOS. The number of hydrogen-bond donors (Lipinski definition) is 0. The predicted molar refractivity (Wildman–Crippen MR) is 55.3 cm³/mol. The fourth-order valence-electron chi connectivity index (χ4n) is 1.67. The first-order valence-electron chi connectivity index (χ1n) is 4.49. The van der Waals surface area contributed by atoms with Crippen LogP contribution in [0.1, 0.15) is 30.1 Å². The topological polar surface area (TPSA) is 17.1 Å². The zero-order valence-corrected chi connectivity index (χ0v) is 8.77. The van der Waals surface area contributed by atoms with Crippen molar-refractivity contribution >= 4 is 28.2 Å². The van der Waals surface area contributed by atoms with Gasteiger partial charge in [0.05, 0.1) is 0 Å². The molecule has 0 aromatic carbocycles. The maximum atomic E-state index is 10.9. The molecule has 0 aliphatic heterocycles. The van der Waals surface area contributed by atoms with Crippen LogP contribution >= 0.6 is 22.9 Å². The number of rotatable bonds is 4. The smallest absolute Gasteiger partial charge is 0.222 e. The summed E-state index contributed by atoms with van der Waals surface area (Å²) in [6.45, 7) is 0. The van der Waals surface area contributed by atoms with Crippen molar-refractivity contribution < 1.29 is 4.79 Å². The van der Waals surface area contributed by atoms with Crippen molar-refractivity contribution in [2.75, 3.05) is 0 Å². The maximum absolute atomic E-state index is 10.9. The molecule has 0 bridgehead atoms. The predicted octanol–water partition coefficient (Wildman–Crippen LogP) is 3.40. The second kappa shape index (κ2) is 3.81. The molecule has 1 fully saturated rings. The quantitative estimate of drug-likeness (QED) is 0.703. The van der Waals surface area contributed by atoms with Crippen LogP contribution in [0.5, 0.6) is 0 Å². The molecule has 2 rings (SSSR count). The van der Waals surface area contributed by atoms with E-state index in [4.69, 9.17) is 11.6 Å². The van der Waals surface area contributed by atoms with Gasteiger partial charge in [0.25, 0.3) is 0 Å². The van der Waals surface area contributed by atoms with Gasteiger partial charge in [-0.25, -0.2) is 0 Å². The van der Waals surface area contributed by atoms with E-state index < -0.39 is 0 Å². The molecule has 1 aliphatic rings. The Labute approximate surface area is 86.7 Å². The first-order chi connectivity index (χ1) is 6.27. The van der Waals surface area contributed by atoms with Gasteiger partial charge in [-0.3, -0.25) is 4.79 Å². The van der Waals surface area contributed by atoms with E-state index in [1.807, 2.05) is 6.07 Å². The highest BCUT2D eigenvalue weighted by molar-refractivity contribution is 7.10. The Hall–Kier alpha value is -0.340. The molecule has 1 saturated carbocycles. The monoisotopic (exact) mass is 214 g/mol. The third kappa shape index (κ3) is 2.32. The molecule has 0 amide bonds. The zero-order chi connectivity index (χ0) is 9.26. The van der Waals surface area contributed by atoms with Crippen molar-refractivity contribution in [2.24, 2.45) is 5.92 Å². The SMILES string of the molecule is O=C(Cl)CC(c1cccs1)C1CC1. The summed E-state index contributed by atoms with van der Waals surface area (Å²) in [5.74, 6) is 1.10. The molecule has 1 unspecified atom stereocenters. The van der Waals surface area contributed by atoms with Crippen molar-refractivity contribution in [3.8, 4) is 0 Å². The fourth-order valence-corrected chi connectivity index (χ4v) is 2.76. The van der Waals surface area contributed by atoms with Gasteiger partial charge in [-0.2, -0.15) is 0 Å². The van der Waals surface area contributed by atoms with E-state index in [-0.39, 0.29) is 5.24 Å². The molecule has 1 aromatic heterocycles. The lowest BCUT2D eigenvalue weighted by molar-refractivity contribution is -0.112. The molecule has 1 atom stereocenters. The van der Waals surface area contributed by atoms with Crippen LogP contribution in [-0.2, 0) is 4.79 Å². The number of halogens is 1. The Morgan fingerprint density at radius 3 is 2.92 bits per heavy atom. The molecule has 70 valence electrons. The van der Waals surface area contributed by atoms with Gasteiger partial charge < -0.3 is 0 Å². The number of thiophene rings is 1. The van der Waals surface area contributed by atoms with E-state index in [0.717, 1.165) is 0 Å². The average molecular weight is 215 g/mol. The third-order valence-corrected chi connectivity index (χ3v) is 3.64. The molecule has 1 aromatic rings. The molecule has 13 heavy (non-hydrogen) atoms. The molecule has 0 saturated heterocycles. The Kier molecular flexibility index (Phi) is 2.70. The van der Waals surface area contributed by atoms with Crippen LogP contribution < -0.4 is 0 Å². The molecule has 1 nitrogen and oxygen atoms in total. The summed E-state index contributed by atoms with van der Waals surface area (Å²) in [6.07, 6.45) is 3.02. The van der Waals surface area contributed by atoms with Gasteiger partial charge in [0.15, 0.2) is 0 Å². The molecule has 0 N–H and O–H groups in total. The summed E-state index contributed by atoms with van der Waals surface area (Å²) in [7, 11) is 0. The molecule has 1 heterocycles. The Bertz CT molecular complexity index is 290. The van der Waals surface area contributed by atoms with E-state index in [1.165, 1.54) is 17.7 Å². The summed E-state index contributed by atoms with van der Waals surface area (Å²) >= 11 is 7.16. The Morgan fingerprint density at radius 2 is 2.46 bits per heavy atom. The molecule has 1 aliphatic carbocycles. The number of carbonyl (C=O) groups is 1. The summed E-state index contributed by atoms with van der Waals surface area (Å²) in [5, 5.41) is 1.86. The van der Waals surface area contributed by atoms with Crippen molar-refractivity contribution in [3.05, 3.63) is 22.4 Å². The Morgan fingerprint density at radius 1 is 1.69 bits per heavy atom. The highest BCUT2D eigenvalue weighted by Crippen LogP contribution is 2.45. The first kappa shape index (κ1) is 9.22. The first-order valence-corrected chi connectivity index (χ1v) is 5.75. The van der Waals surface area contributed by atoms with Crippen LogP contribution in [-0.4, -0.2) is 5.24 Å². The lowest BCUT2D eigenvalue weighted by atomic mass is 9.99. The van der Waals surface area contributed by atoms with E-state index in [0.29, 0.717) is 18.3 Å². The summed E-state index contributed by atoms with van der Waals surface area (Å²) in [6, 6.07) is 4.14. The number of hydrogen-bond acceptors (Lipinski definition) is 2. The number of carbonyl (C=O) groups excluding carboxylic acids is 1. The average Bonchev–Trinajstić information content (AvgIpc) is 2.77. The van der Waals surface area contributed by atoms with Gasteiger partial charge in [0.1, 0.15) is 0 Å². The van der Waals surface area contributed by atoms with Crippen molar-refractivity contribution in [2.45, 2.75) is 25.2 Å². The van der Waals surface area contributed by atoms with Gasteiger partial charge in [-0.15, -0.1) is 11.3 Å². The van der Waals surface area contributed by atoms with E-state index in [2.05, 4.69) is 11.4 Å². The van der Waals surface area contributed by atoms with Gasteiger partial charge in [-0.05, 0) is 41.8 Å². The van der Waals surface area contributed by atoms with Gasteiger partial charge in [0, 0.05) is 17.2 Å². The largest absolute Gasteiger partial charge is 0.281 e. The second-order valence-electron chi connectivity index (χ2n) is 3.52. The summed E-state index contributed by atoms with van der Waals surface area (Å²) < 4.78 is 0. The van der Waals surface area contributed by atoms with Crippen LogP contribution in [0.25, 0.3) is 0 Å². The van der Waals surface area contributed by atoms with Crippen molar-refractivity contribution in [3.63, 3.8) is 0 Å². The highest BCUT2D eigenvalue weighted by Gasteiger charge is 2.33. The minimum Gasteiger partial charge on any atom is -0.281 e. The normalized spacial score (nSPS) is 18.5. The van der Waals surface area contributed by atoms with Gasteiger partial charge >= 0.3 is 0 Å². The minimum absolute atomic E-state index is 0.203. The van der Waals surface area contributed by atoms with Crippen molar-refractivity contribution in [1.82, 2.24) is 0 Å². The van der Waals surface area contributed by atoms with Crippen LogP contribution in [0.2, 0.25) is 0 Å². The lowest BCUT2D eigenvalue weighted by Crippen LogP contribution is -2.03. The van der Waals surface area contributed by atoms with Crippen LogP contribution in [0, 0.1) is 5.92 Å². The van der Waals surface area contributed by atoms with Crippen LogP contribution in [0.4, 0.5) is 0 Å². The minimum atomic E-state index is -0.203. The Balaban J connectivity index is 2.09. The van der Waals surface area contributed by atoms with E-state index >= 15 is 0 Å². The maximum Gasteiger partial charge on any atom is 0.222 e. The highest BCUT2D eigenvalue weighted by atomic mass is 35.5. The molecule has 3 heteroatoms. The molecule has 0 spiro atoms. The lowest BCUT2D eigenvalue weighted by Gasteiger charge is -2.10. The fraction of sp³-hybridized carbons (Fsp3) is 0.500. The zero-order valence-electron chi connectivity index (χ0n) is 7.20. The molecular weight excluding hydrogens is 204 g/mol. The van der Waals surface area contributed by atoms with Crippen LogP contribution in [0.3, 0.4) is 0 Å². The van der Waals surface area contributed by atoms with E-state index in [9.17, 15) is 4.79 Å². The van der Waals surface area contributed by atoms with Gasteiger partial charge in [-0.1, -0.05) is 6.07 Å². The second-order valence-corrected chi connectivity index (χ2v) is 4.92. The standard InChI is InChI=1S/C10H11ClOS/c11-10(12)6-8(7-3-4-7)9-2-1-5-13-9/h1-2,5,7-8H,3-4,6H2. The van der Waals surface area contributed by atoms with E-state index in [1.54, 1.807) is 11.3 Å². The molecule has 0 radical (unpaired) electrons. The van der Waals surface area contributed by atoms with Crippen molar-refractivity contribution in [1.29, 1.82) is 0 Å². The summed E-state index contributed by atoms with van der Waals surface area (Å²) in [5.41, 5.74) is 0. The summed E-state index contributed by atoms with van der Waals surface area (Å²) in [4.78, 5) is 12.2. The third-order valence-electron chi connectivity index (χ3n) is 2.48. The van der Waals surface area contributed by atoms with Gasteiger partial charge in [0.2, 0.25) is 5.24 Å².